The molecule has 3 rings (SSSR count). The molecule has 5 heteroatoms. The number of benzene rings is 3. The van der Waals surface area contributed by atoms with Gasteiger partial charge in [0.2, 0.25) is 0 Å². The van der Waals surface area contributed by atoms with Gasteiger partial charge in [-0.15, -0.1) is 0 Å². The largest absolute Gasteiger partial charge is 0.369 e. The van der Waals surface area contributed by atoms with Crippen molar-refractivity contribution in [1.82, 2.24) is 5.32 Å². The Labute approximate surface area is 177 Å². The zero-order valence-corrected chi connectivity index (χ0v) is 17.2. The highest BCUT2D eigenvalue weighted by Crippen LogP contribution is 2.25. The van der Waals surface area contributed by atoms with Crippen molar-refractivity contribution in [3.05, 3.63) is 96.1 Å². The van der Waals surface area contributed by atoms with Crippen LogP contribution in [0.3, 0.4) is 0 Å². The van der Waals surface area contributed by atoms with Gasteiger partial charge < -0.3 is 15.5 Å². The lowest BCUT2D eigenvalue weighted by atomic mass is 10.1. The highest BCUT2D eigenvalue weighted by atomic mass is 16.2. The zero-order chi connectivity index (χ0) is 21.2. The molecule has 3 aromatic rings. The average Bonchev–Trinajstić information content (AvgIpc) is 2.78. The SMILES string of the molecule is CN(Cc1ccccc1)c1ccccc1NC(=O)C(=O)NCCCc1ccccc1. The number of hydrogen-bond donors (Lipinski definition) is 2. The minimum atomic E-state index is -0.657. The molecule has 0 aliphatic carbocycles. The summed E-state index contributed by atoms with van der Waals surface area (Å²) in [5, 5.41) is 5.44. The van der Waals surface area contributed by atoms with E-state index >= 15 is 0 Å². The van der Waals surface area contributed by atoms with Crippen LogP contribution in [0.2, 0.25) is 0 Å². The van der Waals surface area contributed by atoms with Gasteiger partial charge in [-0.3, -0.25) is 9.59 Å². The fourth-order valence-electron chi connectivity index (χ4n) is 3.25. The van der Waals surface area contributed by atoms with E-state index in [2.05, 4.69) is 34.9 Å². The number of nitrogens with one attached hydrogen (secondary N) is 2. The molecule has 5 nitrogen and oxygen atoms in total. The maximum Gasteiger partial charge on any atom is 0.313 e. The summed E-state index contributed by atoms with van der Waals surface area (Å²) in [5.74, 6) is -1.28. The average molecular weight is 402 g/mol. The second-order valence-corrected chi connectivity index (χ2v) is 7.16. The first kappa shape index (κ1) is 21.1. The van der Waals surface area contributed by atoms with Gasteiger partial charge in [-0.1, -0.05) is 72.8 Å². The topological polar surface area (TPSA) is 61.4 Å². The molecule has 2 N–H and O–H groups in total. The number of aryl methyl sites for hydroxylation is 1. The number of nitrogens with zero attached hydrogens (tertiary/aromatic N) is 1. The second kappa shape index (κ2) is 10.8. The number of anilines is 2. The van der Waals surface area contributed by atoms with Gasteiger partial charge >= 0.3 is 11.8 Å². The molecule has 0 spiro atoms. The zero-order valence-electron chi connectivity index (χ0n) is 17.2. The van der Waals surface area contributed by atoms with E-state index in [0.29, 0.717) is 18.8 Å². The van der Waals surface area contributed by atoms with E-state index < -0.39 is 11.8 Å². The molecule has 0 unspecified atom stereocenters. The molecule has 0 fully saturated rings. The predicted molar refractivity (Wildman–Crippen MR) is 121 cm³/mol. The van der Waals surface area contributed by atoms with Crippen molar-refractivity contribution >= 4 is 23.2 Å². The molecule has 2 amide bonds. The van der Waals surface area contributed by atoms with E-state index in [4.69, 9.17) is 0 Å². The van der Waals surface area contributed by atoms with Crippen molar-refractivity contribution in [1.29, 1.82) is 0 Å². The molecule has 0 aliphatic rings. The lowest BCUT2D eigenvalue weighted by molar-refractivity contribution is -0.136. The minimum Gasteiger partial charge on any atom is -0.369 e. The van der Waals surface area contributed by atoms with Crippen LogP contribution in [0.5, 0.6) is 0 Å². The molecule has 0 aromatic heterocycles. The maximum atomic E-state index is 12.4. The van der Waals surface area contributed by atoms with Crippen LogP contribution in [-0.4, -0.2) is 25.4 Å². The van der Waals surface area contributed by atoms with Crippen LogP contribution in [0.15, 0.2) is 84.9 Å². The van der Waals surface area contributed by atoms with E-state index in [1.54, 1.807) is 6.07 Å². The Bertz CT molecular complexity index is 958. The van der Waals surface area contributed by atoms with Crippen molar-refractivity contribution < 1.29 is 9.59 Å². The number of rotatable bonds is 8. The van der Waals surface area contributed by atoms with Gasteiger partial charge in [0.1, 0.15) is 0 Å². The van der Waals surface area contributed by atoms with Crippen LogP contribution in [0.1, 0.15) is 17.5 Å². The minimum absolute atomic E-state index is 0.455. The molecule has 0 atom stereocenters. The Balaban J connectivity index is 1.52. The van der Waals surface area contributed by atoms with Gasteiger partial charge in [0.25, 0.3) is 0 Å². The molecule has 0 aliphatic heterocycles. The fourth-order valence-corrected chi connectivity index (χ4v) is 3.25. The molecule has 0 saturated carbocycles. The van der Waals surface area contributed by atoms with E-state index in [1.807, 2.05) is 66.5 Å². The summed E-state index contributed by atoms with van der Waals surface area (Å²) in [6, 6.07) is 27.6. The lowest BCUT2D eigenvalue weighted by Gasteiger charge is -2.22. The molecular formula is C25H27N3O2. The van der Waals surface area contributed by atoms with Gasteiger partial charge in [0.15, 0.2) is 0 Å². The molecule has 3 aromatic carbocycles. The van der Waals surface area contributed by atoms with E-state index in [-0.39, 0.29) is 0 Å². The molecule has 154 valence electrons. The Hall–Kier alpha value is -3.60. The Kier molecular flexibility index (Phi) is 7.61. The third-order valence-corrected chi connectivity index (χ3v) is 4.80. The number of carbonyl (C=O) groups is 2. The number of amides is 2. The summed E-state index contributed by atoms with van der Waals surface area (Å²) < 4.78 is 0. The molecular weight excluding hydrogens is 374 g/mol. The van der Waals surface area contributed by atoms with Crippen LogP contribution in [0.25, 0.3) is 0 Å². The summed E-state index contributed by atoms with van der Waals surface area (Å²) in [6.45, 7) is 1.15. The van der Waals surface area contributed by atoms with Crippen LogP contribution in [0, 0.1) is 0 Å². The van der Waals surface area contributed by atoms with Crippen molar-refractivity contribution in [3.63, 3.8) is 0 Å². The molecule has 0 radical (unpaired) electrons. The van der Waals surface area contributed by atoms with E-state index in [1.165, 1.54) is 5.56 Å². The van der Waals surface area contributed by atoms with Gasteiger partial charge in [-0.05, 0) is 36.1 Å². The number of para-hydroxylation sites is 2. The monoisotopic (exact) mass is 401 g/mol. The Morgan fingerprint density at radius 3 is 2.07 bits per heavy atom. The normalized spacial score (nSPS) is 10.3. The Morgan fingerprint density at radius 1 is 0.767 bits per heavy atom. The molecule has 30 heavy (non-hydrogen) atoms. The van der Waals surface area contributed by atoms with Crippen molar-refractivity contribution in [2.45, 2.75) is 19.4 Å². The van der Waals surface area contributed by atoms with Crippen LogP contribution >= 0.6 is 0 Å². The maximum absolute atomic E-state index is 12.4. The molecule has 0 saturated heterocycles. The molecule has 0 bridgehead atoms. The predicted octanol–water partition coefficient (Wildman–Crippen LogP) is 4.01. The van der Waals surface area contributed by atoms with Crippen molar-refractivity contribution in [2.75, 3.05) is 23.8 Å². The summed E-state index contributed by atoms with van der Waals surface area (Å²) in [5.41, 5.74) is 3.84. The van der Waals surface area contributed by atoms with Crippen molar-refractivity contribution in [2.24, 2.45) is 0 Å². The first-order chi connectivity index (χ1) is 14.6. The first-order valence-corrected chi connectivity index (χ1v) is 10.1. The first-order valence-electron chi connectivity index (χ1n) is 10.1. The summed E-state index contributed by atoms with van der Waals surface area (Å²) in [7, 11) is 1.96. The van der Waals surface area contributed by atoms with Crippen LogP contribution < -0.4 is 15.5 Å². The third kappa shape index (κ3) is 6.21. The lowest BCUT2D eigenvalue weighted by Crippen LogP contribution is -2.36. The highest BCUT2D eigenvalue weighted by Gasteiger charge is 2.16. The Morgan fingerprint density at radius 2 is 1.37 bits per heavy atom. The van der Waals surface area contributed by atoms with Gasteiger partial charge in [-0.2, -0.15) is 0 Å². The van der Waals surface area contributed by atoms with Gasteiger partial charge in [0.05, 0.1) is 11.4 Å². The quantitative estimate of drug-likeness (QED) is 0.443. The van der Waals surface area contributed by atoms with Gasteiger partial charge in [-0.25, -0.2) is 0 Å². The van der Waals surface area contributed by atoms with Gasteiger partial charge in [0, 0.05) is 20.1 Å². The second-order valence-electron chi connectivity index (χ2n) is 7.16. The van der Waals surface area contributed by atoms with Crippen LogP contribution in [0.4, 0.5) is 11.4 Å². The number of carbonyl (C=O) groups excluding carboxylic acids is 2. The van der Waals surface area contributed by atoms with E-state index in [0.717, 1.165) is 24.1 Å². The summed E-state index contributed by atoms with van der Waals surface area (Å²) in [4.78, 5) is 26.6. The van der Waals surface area contributed by atoms with Crippen molar-refractivity contribution in [3.8, 4) is 0 Å². The number of hydrogen-bond acceptors (Lipinski definition) is 3. The van der Waals surface area contributed by atoms with E-state index in [9.17, 15) is 9.59 Å². The summed E-state index contributed by atoms with van der Waals surface area (Å²) >= 11 is 0. The summed E-state index contributed by atoms with van der Waals surface area (Å²) in [6.07, 6.45) is 1.63. The highest BCUT2D eigenvalue weighted by molar-refractivity contribution is 6.39. The fraction of sp³-hybridized carbons (Fsp3) is 0.200. The third-order valence-electron chi connectivity index (χ3n) is 4.80. The smallest absolute Gasteiger partial charge is 0.313 e. The molecule has 0 heterocycles. The van der Waals surface area contributed by atoms with Crippen LogP contribution in [-0.2, 0) is 22.6 Å². The standard InChI is InChI=1S/C25H27N3O2/c1-28(19-21-13-6-3-7-14-21)23-17-9-8-16-22(23)27-25(30)24(29)26-18-10-15-20-11-4-2-5-12-20/h2-9,11-14,16-17H,10,15,18-19H2,1H3,(H,26,29)(H,27,30).